The minimum absolute atomic E-state index is 0.195. The molecule has 0 radical (unpaired) electrons. The van der Waals surface area contributed by atoms with Crippen molar-refractivity contribution in [3.8, 4) is 16.9 Å². The topological polar surface area (TPSA) is 116 Å². The van der Waals surface area contributed by atoms with Gasteiger partial charge in [0.1, 0.15) is 16.8 Å². The molecular weight excluding hydrogens is 564 g/mol. The third kappa shape index (κ3) is 5.94. The Labute approximate surface area is 244 Å². The Hall–Kier alpha value is -3.32. The van der Waals surface area contributed by atoms with Crippen molar-refractivity contribution in [2.75, 3.05) is 47.3 Å². The zero-order valence-electron chi connectivity index (χ0n) is 23.9. The van der Waals surface area contributed by atoms with Gasteiger partial charge in [0.15, 0.2) is 0 Å². The van der Waals surface area contributed by atoms with Gasteiger partial charge in [0.05, 0.1) is 29.9 Å². The van der Waals surface area contributed by atoms with Crippen molar-refractivity contribution in [3.63, 3.8) is 0 Å². The van der Waals surface area contributed by atoms with E-state index in [-0.39, 0.29) is 25.9 Å². The van der Waals surface area contributed by atoms with E-state index in [1.807, 2.05) is 42.3 Å². The highest BCUT2D eigenvalue weighted by molar-refractivity contribution is 7.93. The van der Waals surface area contributed by atoms with E-state index in [1.54, 1.807) is 10.7 Å². The molecular formula is C29H37F2N7O3S. The van der Waals surface area contributed by atoms with Crippen LogP contribution in [0.15, 0.2) is 36.5 Å². The lowest BCUT2D eigenvalue weighted by Crippen LogP contribution is -2.39. The second kappa shape index (κ2) is 10.7. The average molecular weight is 602 g/mol. The molecule has 0 bridgehead atoms. The van der Waals surface area contributed by atoms with Gasteiger partial charge in [-0.2, -0.15) is 0 Å². The van der Waals surface area contributed by atoms with E-state index < -0.39 is 27.8 Å². The Morgan fingerprint density at radius 1 is 0.976 bits per heavy atom. The number of benzene rings is 1. The molecule has 13 heteroatoms. The quantitative estimate of drug-likeness (QED) is 0.391. The van der Waals surface area contributed by atoms with Crippen LogP contribution >= 0.6 is 0 Å². The van der Waals surface area contributed by atoms with Gasteiger partial charge in [-0.25, -0.2) is 26.9 Å². The van der Waals surface area contributed by atoms with Crippen LogP contribution in [0.3, 0.4) is 0 Å². The fourth-order valence-electron chi connectivity index (χ4n) is 5.83. The van der Waals surface area contributed by atoms with E-state index in [0.717, 1.165) is 48.6 Å². The predicted octanol–water partition coefficient (Wildman–Crippen LogP) is 4.38. The number of rotatable bonds is 8. The number of nitrogens with zero attached hydrogens (tertiary/aromatic N) is 6. The fraction of sp³-hybridized carbons (Fsp3) is 0.552. The first kappa shape index (κ1) is 28.8. The van der Waals surface area contributed by atoms with Crippen LogP contribution in [0, 0.1) is 12.3 Å². The number of nitrogens with one attached hydrogen (secondary N) is 1. The molecule has 3 aliphatic rings. The number of piperidine rings is 2. The number of halogens is 2. The van der Waals surface area contributed by atoms with E-state index in [9.17, 15) is 22.3 Å². The summed E-state index contributed by atoms with van der Waals surface area (Å²) in [5.41, 5.74) is 4.66. The monoisotopic (exact) mass is 601 g/mol. The minimum atomic E-state index is -3.76. The van der Waals surface area contributed by atoms with Gasteiger partial charge in [0, 0.05) is 50.3 Å². The van der Waals surface area contributed by atoms with Crippen LogP contribution < -0.4 is 14.5 Å². The molecule has 4 heterocycles. The smallest absolute Gasteiger partial charge is 0.251 e. The largest absolute Gasteiger partial charge is 0.395 e. The van der Waals surface area contributed by atoms with Crippen molar-refractivity contribution in [2.24, 2.45) is 5.41 Å². The number of hydrogen-bond donors (Lipinski definition) is 2. The zero-order chi connectivity index (χ0) is 29.7. The molecule has 42 heavy (non-hydrogen) atoms. The van der Waals surface area contributed by atoms with Gasteiger partial charge in [-0.05, 0) is 75.3 Å². The molecule has 226 valence electrons. The van der Waals surface area contributed by atoms with E-state index in [1.165, 1.54) is 19.8 Å². The summed E-state index contributed by atoms with van der Waals surface area (Å²) >= 11 is 0. The van der Waals surface area contributed by atoms with Gasteiger partial charge < -0.3 is 14.9 Å². The molecule has 1 aromatic carbocycles. The lowest BCUT2D eigenvalue weighted by atomic mass is 9.93. The van der Waals surface area contributed by atoms with Gasteiger partial charge in [-0.1, -0.05) is 5.21 Å². The second-order valence-electron chi connectivity index (χ2n) is 12.1. The van der Waals surface area contributed by atoms with Gasteiger partial charge in [0.2, 0.25) is 10.0 Å². The Kier molecular flexibility index (Phi) is 7.37. The number of hydrogen-bond acceptors (Lipinski definition) is 8. The van der Waals surface area contributed by atoms with Crippen molar-refractivity contribution in [1.82, 2.24) is 20.0 Å². The number of anilines is 3. The molecule has 3 aromatic rings. The van der Waals surface area contributed by atoms with Crippen LogP contribution in [-0.4, -0.2) is 77.5 Å². The van der Waals surface area contributed by atoms with Crippen molar-refractivity contribution < 1.29 is 22.3 Å². The lowest BCUT2D eigenvalue weighted by Gasteiger charge is -2.35. The number of aryl methyl sites for hydroxylation is 1. The molecule has 10 nitrogen and oxygen atoms in total. The van der Waals surface area contributed by atoms with E-state index in [2.05, 4.69) is 24.9 Å². The van der Waals surface area contributed by atoms with E-state index in [0.29, 0.717) is 22.6 Å². The second-order valence-corrected chi connectivity index (χ2v) is 14.2. The Bertz CT molecular complexity index is 1550. The van der Waals surface area contributed by atoms with Gasteiger partial charge in [-0.15, -0.1) is 5.10 Å². The van der Waals surface area contributed by atoms with E-state index in [4.69, 9.17) is 0 Å². The summed E-state index contributed by atoms with van der Waals surface area (Å²) in [4.78, 5) is 8.75. The summed E-state index contributed by atoms with van der Waals surface area (Å²) in [5.74, 6) is -1.99. The summed E-state index contributed by atoms with van der Waals surface area (Å²) in [6.45, 7) is 5.05. The van der Waals surface area contributed by atoms with Crippen molar-refractivity contribution in [1.29, 1.82) is 0 Å². The normalized spacial score (nSPS) is 20.5. The van der Waals surface area contributed by atoms with Gasteiger partial charge >= 0.3 is 0 Å². The molecule has 1 atom stereocenters. The molecule has 0 amide bonds. The molecule has 6 rings (SSSR count). The first-order valence-corrected chi connectivity index (χ1v) is 16.1. The van der Waals surface area contributed by atoms with Crippen molar-refractivity contribution in [2.45, 2.75) is 63.5 Å². The Morgan fingerprint density at radius 2 is 1.67 bits per heavy atom. The number of pyridine rings is 1. The lowest BCUT2D eigenvalue weighted by molar-refractivity contribution is -0.0221. The van der Waals surface area contributed by atoms with Crippen LogP contribution in [0.1, 0.15) is 51.1 Å². The SMILES string of the molecule is Cc1cc(-c2cn(-c3ccc(NS(=O)(=O)C(C)CO)cc3N3CCC4(CC3)CC4)nn2)cc(N2CCC(F)(F)CC2)n1. The summed E-state index contributed by atoms with van der Waals surface area (Å²) < 4.78 is 57.1. The number of sulfonamides is 1. The van der Waals surface area contributed by atoms with Crippen LogP contribution in [0.4, 0.5) is 26.0 Å². The summed E-state index contributed by atoms with van der Waals surface area (Å²) in [6, 6.07) is 9.11. The number of aliphatic hydroxyl groups excluding tert-OH is 1. The van der Waals surface area contributed by atoms with Gasteiger partial charge in [-0.3, -0.25) is 4.72 Å². The highest BCUT2D eigenvalue weighted by Crippen LogP contribution is 2.54. The fourth-order valence-corrected chi connectivity index (χ4v) is 6.69. The maximum atomic E-state index is 13.7. The maximum Gasteiger partial charge on any atom is 0.251 e. The summed E-state index contributed by atoms with van der Waals surface area (Å²) in [7, 11) is -3.76. The third-order valence-electron chi connectivity index (χ3n) is 8.94. The zero-order valence-corrected chi connectivity index (χ0v) is 24.7. The predicted molar refractivity (Wildman–Crippen MR) is 158 cm³/mol. The molecule has 2 saturated heterocycles. The number of alkyl halides is 2. The molecule has 1 saturated carbocycles. The molecule has 2 aromatic heterocycles. The minimum Gasteiger partial charge on any atom is -0.395 e. The molecule has 1 spiro atoms. The van der Waals surface area contributed by atoms with Crippen LogP contribution in [0.25, 0.3) is 16.9 Å². The molecule has 1 aliphatic carbocycles. The highest BCUT2D eigenvalue weighted by atomic mass is 32.2. The first-order valence-electron chi connectivity index (χ1n) is 14.5. The molecule has 3 fully saturated rings. The van der Waals surface area contributed by atoms with Crippen LogP contribution in [0.2, 0.25) is 0 Å². The standard InChI is InChI=1S/C29H37F2N7O3S/c1-20-15-22(16-27(32-20)37-13-9-29(30,31)10-14-37)24-18-38(35-33-24)25-4-3-23(34-42(40,41)21(2)19-39)17-26(25)36-11-7-28(5-6-28)8-12-36/h3-4,15-18,21,34,39H,5-14,19H2,1-2H3. The van der Waals surface area contributed by atoms with Gasteiger partial charge in [0.25, 0.3) is 5.92 Å². The van der Waals surface area contributed by atoms with Crippen molar-refractivity contribution >= 4 is 27.2 Å². The summed E-state index contributed by atoms with van der Waals surface area (Å²) in [6.07, 6.45) is 6.16. The van der Waals surface area contributed by atoms with E-state index >= 15 is 0 Å². The third-order valence-corrected chi connectivity index (χ3v) is 10.7. The Morgan fingerprint density at radius 3 is 2.33 bits per heavy atom. The Balaban J connectivity index is 1.31. The van der Waals surface area contributed by atoms with Crippen molar-refractivity contribution in [3.05, 3.63) is 42.2 Å². The average Bonchev–Trinajstić information content (AvgIpc) is 3.52. The number of aromatic nitrogens is 4. The molecule has 2 aliphatic heterocycles. The van der Waals surface area contributed by atoms with Crippen LogP contribution in [-0.2, 0) is 10.0 Å². The first-order chi connectivity index (χ1) is 20.0. The highest BCUT2D eigenvalue weighted by Gasteiger charge is 2.44. The molecule has 2 N–H and O–H groups in total. The van der Waals surface area contributed by atoms with Crippen LogP contribution in [0.5, 0.6) is 0 Å². The number of aliphatic hydroxyl groups is 1. The summed E-state index contributed by atoms with van der Waals surface area (Å²) in [5, 5.41) is 17.3. The maximum absolute atomic E-state index is 13.7. The molecule has 1 unspecified atom stereocenters.